The van der Waals surface area contributed by atoms with Crippen LogP contribution >= 0.6 is 15.9 Å². The summed E-state index contributed by atoms with van der Waals surface area (Å²) in [6.07, 6.45) is -1.17. The minimum Gasteiger partial charge on any atom is -0.381 e. The molecule has 0 bridgehead atoms. The molecule has 172 valence electrons. The van der Waals surface area contributed by atoms with Gasteiger partial charge in [-0.2, -0.15) is 0 Å². The van der Waals surface area contributed by atoms with E-state index < -0.39 is 43.5 Å². The molecule has 2 aliphatic heterocycles. The van der Waals surface area contributed by atoms with Crippen LogP contribution in [0.25, 0.3) is 0 Å². The summed E-state index contributed by atoms with van der Waals surface area (Å²) in [6.45, 7) is 10.4. The maximum Gasteiger partial charge on any atom is 0.264 e. The van der Waals surface area contributed by atoms with Crippen LogP contribution in [0.4, 0.5) is 0 Å². The Hall–Kier alpha value is -1.35. The lowest BCUT2D eigenvalue weighted by molar-refractivity contribution is -0.214. The van der Waals surface area contributed by atoms with Crippen molar-refractivity contribution in [3.63, 3.8) is 0 Å². The van der Waals surface area contributed by atoms with E-state index in [0.29, 0.717) is 0 Å². The molecule has 2 aromatic rings. The minimum atomic E-state index is -2.86. The second-order valence-corrected chi connectivity index (χ2v) is 15.2. The number of carbonyl (C=O) groups excluding carboxylic acids is 1. The molecule has 0 spiro atoms. The number of ether oxygens (including phenoxy) is 3. The van der Waals surface area contributed by atoms with Gasteiger partial charge in [0.05, 0.1) is 4.83 Å². The minimum absolute atomic E-state index is 0.208. The van der Waals surface area contributed by atoms with Crippen molar-refractivity contribution in [2.45, 2.75) is 74.9 Å². The van der Waals surface area contributed by atoms with Crippen molar-refractivity contribution in [3.8, 4) is 0 Å². The zero-order valence-electron chi connectivity index (χ0n) is 19.2. The van der Waals surface area contributed by atoms with E-state index in [2.05, 4.69) is 85.2 Å². The van der Waals surface area contributed by atoms with Gasteiger partial charge in [0.15, 0.2) is 12.1 Å². The number of hydrogen-bond donors (Lipinski definition) is 0. The number of rotatable bonds is 6. The first-order valence-corrected chi connectivity index (χ1v) is 13.8. The van der Waals surface area contributed by atoms with Crippen molar-refractivity contribution in [2.24, 2.45) is 0 Å². The van der Waals surface area contributed by atoms with Gasteiger partial charge in [0.25, 0.3) is 8.32 Å². The van der Waals surface area contributed by atoms with E-state index in [4.69, 9.17) is 18.6 Å². The summed E-state index contributed by atoms with van der Waals surface area (Å²) in [5.74, 6) is -0.778. The molecule has 2 saturated heterocycles. The normalized spacial score (nSPS) is 28.3. The lowest BCUT2D eigenvalue weighted by Gasteiger charge is -2.45. The summed E-state index contributed by atoms with van der Waals surface area (Å²) in [5.41, 5.74) is 0. The Morgan fingerprint density at radius 3 is 1.94 bits per heavy atom. The predicted molar refractivity (Wildman–Crippen MR) is 130 cm³/mol. The number of alkyl halides is 1. The molecule has 2 fully saturated rings. The number of hydrogen-bond acceptors (Lipinski definition) is 5. The van der Waals surface area contributed by atoms with Gasteiger partial charge in [-0.05, 0) is 29.3 Å². The van der Waals surface area contributed by atoms with Crippen molar-refractivity contribution >= 4 is 40.9 Å². The molecule has 5 atom stereocenters. The number of benzene rings is 2. The van der Waals surface area contributed by atoms with E-state index in [1.165, 1.54) is 0 Å². The number of fused-ring (bicyclic) bond motifs is 1. The highest BCUT2D eigenvalue weighted by Gasteiger charge is 2.61. The second-order valence-electron chi connectivity index (χ2n) is 9.90. The second kappa shape index (κ2) is 8.78. The molecule has 4 rings (SSSR count). The van der Waals surface area contributed by atoms with Gasteiger partial charge < -0.3 is 23.4 Å². The van der Waals surface area contributed by atoms with Gasteiger partial charge in [-0.3, -0.25) is 0 Å². The first-order valence-electron chi connectivity index (χ1n) is 11.0. The summed E-state index contributed by atoms with van der Waals surface area (Å²) in [7, 11) is -2.86. The molecular formula is C25H31BrO5Si. The molecular weight excluding hydrogens is 488 g/mol. The Bertz CT molecular complexity index is 891. The summed E-state index contributed by atoms with van der Waals surface area (Å²) < 4.78 is 25.9. The van der Waals surface area contributed by atoms with Crippen LogP contribution in [0, 0.1) is 0 Å². The molecule has 0 N–H and O–H groups in total. The third-order valence-corrected chi connectivity index (χ3v) is 11.9. The number of aldehydes is 1. The van der Waals surface area contributed by atoms with E-state index in [-0.39, 0.29) is 5.04 Å². The van der Waals surface area contributed by atoms with Crippen LogP contribution in [0.15, 0.2) is 60.7 Å². The molecule has 2 heterocycles. The number of halogens is 1. The first-order chi connectivity index (χ1) is 15.1. The van der Waals surface area contributed by atoms with Crippen molar-refractivity contribution in [3.05, 3.63) is 60.7 Å². The smallest absolute Gasteiger partial charge is 0.264 e. The van der Waals surface area contributed by atoms with Crippen LogP contribution in [0.3, 0.4) is 0 Å². The zero-order valence-corrected chi connectivity index (χ0v) is 21.7. The van der Waals surface area contributed by atoms with Crippen molar-refractivity contribution in [1.29, 1.82) is 0 Å². The molecule has 0 aliphatic carbocycles. The summed E-state index contributed by atoms with van der Waals surface area (Å²) in [5, 5.41) is 2.11. The monoisotopic (exact) mass is 518 g/mol. The van der Waals surface area contributed by atoms with Gasteiger partial charge >= 0.3 is 0 Å². The third-order valence-electron chi connectivity index (χ3n) is 6.20. The van der Waals surface area contributed by atoms with Crippen LogP contribution in [0.1, 0.15) is 34.6 Å². The molecule has 0 saturated carbocycles. The van der Waals surface area contributed by atoms with Crippen LogP contribution in [-0.2, 0) is 23.4 Å². The molecule has 7 heteroatoms. The van der Waals surface area contributed by atoms with E-state index in [1.807, 2.05) is 26.0 Å². The highest BCUT2D eigenvalue weighted by atomic mass is 79.9. The molecule has 32 heavy (non-hydrogen) atoms. The fourth-order valence-corrected chi connectivity index (χ4v) is 9.86. The van der Waals surface area contributed by atoms with Gasteiger partial charge in [0.1, 0.15) is 24.6 Å². The third kappa shape index (κ3) is 4.15. The molecule has 0 radical (unpaired) electrons. The highest BCUT2D eigenvalue weighted by molar-refractivity contribution is 9.10. The Balaban J connectivity index is 1.82. The Labute approximate surface area is 199 Å². The maximum absolute atomic E-state index is 11.6. The standard InChI is InChI=1S/C25H31BrO5Si/c1-24(2,3)32(17-12-8-6-9-13-17,18-14-10-7-11-15-18)31-23-22-21(29-25(4,5)30-22)20(28-23)19(26)16-27/h6-16,19-23H,1-5H3/t19?,20-,21-,22-,23+/m0/s1. The summed E-state index contributed by atoms with van der Waals surface area (Å²) in [4.78, 5) is 11.1. The summed E-state index contributed by atoms with van der Waals surface area (Å²) >= 11 is 3.44. The lowest BCUT2D eigenvalue weighted by Crippen LogP contribution is -2.68. The van der Waals surface area contributed by atoms with Crippen molar-refractivity contribution in [1.82, 2.24) is 0 Å². The average molecular weight is 520 g/mol. The van der Waals surface area contributed by atoms with E-state index >= 15 is 0 Å². The van der Waals surface area contributed by atoms with Gasteiger partial charge in [0, 0.05) is 0 Å². The van der Waals surface area contributed by atoms with Gasteiger partial charge in [-0.25, -0.2) is 0 Å². The van der Waals surface area contributed by atoms with E-state index in [0.717, 1.165) is 16.7 Å². The SMILES string of the molecule is CC1(C)O[C@@H]2[C@@H](O[Si](c3ccccc3)(c3ccccc3)C(C)(C)C)O[C@@H](C(Br)C=O)[C@@H]2O1. The summed E-state index contributed by atoms with van der Waals surface area (Å²) in [6, 6.07) is 20.8. The first kappa shape index (κ1) is 23.8. The molecule has 2 aliphatic rings. The maximum atomic E-state index is 11.6. The Morgan fingerprint density at radius 2 is 1.47 bits per heavy atom. The topological polar surface area (TPSA) is 54.0 Å². The Kier molecular flexibility index (Phi) is 6.53. The number of carbonyl (C=O) groups is 1. The van der Waals surface area contributed by atoms with Crippen LogP contribution in [-0.4, -0.2) is 49.8 Å². The van der Waals surface area contributed by atoms with Crippen LogP contribution < -0.4 is 10.4 Å². The van der Waals surface area contributed by atoms with E-state index in [1.54, 1.807) is 0 Å². The Morgan fingerprint density at radius 1 is 0.969 bits per heavy atom. The highest BCUT2D eigenvalue weighted by Crippen LogP contribution is 2.45. The molecule has 0 aromatic heterocycles. The van der Waals surface area contributed by atoms with Crippen molar-refractivity contribution in [2.75, 3.05) is 0 Å². The fourth-order valence-electron chi connectivity index (χ4n) is 4.89. The molecule has 2 aromatic carbocycles. The molecule has 0 amide bonds. The fraction of sp³-hybridized carbons (Fsp3) is 0.480. The van der Waals surface area contributed by atoms with Gasteiger partial charge in [-0.15, -0.1) is 0 Å². The quantitative estimate of drug-likeness (QED) is 0.331. The molecule has 5 nitrogen and oxygen atoms in total. The van der Waals surface area contributed by atoms with E-state index in [9.17, 15) is 4.79 Å². The zero-order chi connectivity index (χ0) is 23.1. The van der Waals surface area contributed by atoms with Gasteiger partial charge in [0.2, 0.25) is 0 Å². The van der Waals surface area contributed by atoms with Crippen molar-refractivity contribution < 1.29 is 23.4 Å². The lowest BCUT2D eigenvalue weighted by atomic mass is 10.1. The van der Waals surface area contributed by atoms with Gasteiger partial charge in [-0.1, -0.05) is 97.4 Å². The van der Waals surface area contributed by atoms with Crippen LogP contribution in [0.2, 0.25) is 5.04 Å². The largest absolute Gasteiger partial charge is 0.381 e. The van der Waals surface area contributed by atoms with Crippen LogP contribution in [0.5, 0.6) is 0 Å². The predicted octanol–water partition coefficient (Wildman–Crippen LogP) is 3.77. The average Bonchev–Trinajstić information content (AvgIpc) is 3.24. The molecule has 1 unspecified atom stereocenters.